The molecule has 0 bridgehead atoms. The molecule has 10 aliphatic rings. The molecule has 126 heavy (non-hydrogen) atoms. The summed E-state index contributed by atoms with van der Waals surface area (Å²) in [7, 11) is 6.28. The fraction of sp³-hybridized carbons (Fsp3) is 0.485. The van der Waals surface area contributed by atoms with E-state index in [9.17, 15) is 19.5 Å². The van der Waals surface area contributed by atoms with Crippen molar-refractivity contribution in [3.05, 3.63) is 206 Å². The van der Waals surface area contributed by atoms with Gasteiger partial charge in [-0.3, -0.25) is 19.3 Å². The second-order valence-electron chi connectivity index (χ2n) is 34.7. The molecule has 6 fully saturated rings. The number of amides is 3. The number of ether oxygens (including phenoxy) is 3. The first-order chi connectivity index (χ1) is 61.3. The number of nitrogens with zero attached hydrogens (tertiary/aromatic N) is 21. The lowest BCUT2D eigenvalue weighted by Gasteiger charge is -2.42. The predicted molar refractivity (Wildman–Crippen MR) is 493 cm³/mol. The fourth-order valence-corrected chi connectivity index (χ4v) is 20.0. The van der Waals surface area contributed by atoms with Gasteiger partial charge < -0.3 is 87.8 Å². The first-order valence-electron chi connectivity index (χ1n) is 44.6. The summed E-state index contributed by atoms with van der Waals surface area (Å²) in [5.41, 5.74) is 13.2. The summed E-state index contributed by atoms with van der Waals surface area (Å²) in [5, 5.41) is 15.8. The molecule has 29 heteroatoms. The number of allylic oxidation sites excluding steroid dienone is 1. The molecule has 1 aliphatic carbocycles. The number of aromatic nitrogens is 6. The Balaban J connectivity index is 0.000000139. The highest BCUT2D eigenvalue weighted by molar-refractivity contribution is 6.36. The lowest BCUT2D eigenvalue weighted by atomic mass is 9.96. The molecule has 0 saturated carbocycles. The second-order valence-corrected chi connectivity index (χ2v) is 35.1. The van der Waals surface area contributed by atoms with Gasteiger partial charge in [0.25, 0.3) is 5.91 Å². The Bertz CT molecular complexity index is 5580. The van der Waals surface area contributed by atoms with Gasteiger partial charge in [-0.05, 0) is 177 Å². The van der Waals surface area contributed by atoms with Crippen LogP contribution in [0.3, 0.4) is 0 Å². The van der Waals surface area contributed by atoms with Gasteiger partial charge in [-0.1, -0.05) is 103 Å². The van der Waals surface area contributed by atoms with E-state index in [1.165, 1.54) is 51.3 Å². The quantitative estimate of drug-likeness (QED) is 0.0425. The third kappa shape index (κ3) is 19.1. The van der Waals surface area contributed by atoms with Crippen LogP contribution in [0.4, 0.5) is 34.5 Å². The third-order valence-electron chi connectivity index (χ3n) is 27.1. The number of carbonyl (C=O) groups excluding carboxylic acids is 3. The van der Waals surface area contributed by atoms with E-state index < -0.39 is 6.10 Å². The zero-order chi connectivity index (χ0) is 87.6. The summed E-state index contributed by atoms with van der Waals surface area (Å²) < 4.78 is 18.8. The number of likely N-dealkylation sites (tertiary alicyclic amines) is 3. The molecule has 0 spiro atoms. The van der Waals surface area contributed by atoms with Crippen molar-refractivity contribution < 1.29 is 33.7 Å². The van der Waals surface area contributed by atoms with Crippen LogP contribution in [-0.4, -0.2) is 283 Å². The molecule has 6 saturated heterocycles. The third-order valence-corrected chi connectivity index (χ3v) is 27.4. The maximum atomic E-state index is 13.1. The van der Waals surface area contributed by atoms with Crippen LogP contribution >= 0.6 is 11.6 Å². The van der Waals surface area contributed by atoms with E-state index in [1.807, 2.05) is 30.2 Å². The predicted octanol–water partition coefficient (Wildman–Crippen LogP) is 10.8. The smallest absolute Gasteiger partial charge is 0.318 e. The molecule has 12 heterocycles. The number of aryl methyl sites for hydroxylation is 1. The zero-order valence-electron chi connectivity index (χ0n) is 73.3. The Hall–Kier alpha value is -11.9. The van der Waals surface area contributed by atoms with E-state index in [0.29, 0.717) is 135 Å². The Morgan fingerprint density at radius 2 is 0.984 bits per heavy atom. The van der Waals surface area contributed by atoms with E-state index in [1.54, 1.807) is 16.7 Å². The lowest BCUT2D eigenvalue weighted by molar-refractivity contribution is -0.130. The minimum Gasteiger partial charge on any atom is -0.462 e. The Morgan fingerprint density at radius 3 is 1.49 bits per heavy atom. The number of piperazine rings is 3. The summed E-state index contributed by atoms with van der Waals surface area (Å²) in [6.07, 6.45) is 12.4. The standard InChI is InChI=1S/C33H36ClN7O2.C32H37N7O3.C32H41N7O2/c1-4-8-30(42)41-18-17-40(20-25(41)19-35-2)32-26-14-16-39(29-13-6-10-23-9-5-12-27(34)31(23)29)21-28(26)36-33(37-32)43-22-24-11-7-15-38(24)3;1-4-30(41)39-17-16-38(19-23(39)18-33-2)31-25-12-15-37(27-11-7-9-22-8-5-6-10-24(22)27)20-26(25)34-32(35-31)42-21-28-29(40)13-14-36(28)3;1-22-8-5-12-29(23(22)2)37-15-13-27-28(20-37)34-32(41-21-25-11-7-14-36(25)4)35-30(27)38-16-17-39(26(19-38)18-33-3)31(40)24-9-6-10-24/h5-6,9-10,12-13,24-25H,7,11,14-22H2,1,3H3;4-11,23,28-29,40H,1,12-21H2,3H3;5,8-9,12,25-26H,6-7,10-11,13-21H2,1-2,4H3/t24-,25-;23-,28+,29-;25-,26-/m000/s1. The van der Waals surface area contributed by atoms with Crippen LogP contribution in [0, 0.1) is 45.4 Å². The average molecular weight is 1720 g/mol. The van der Waals surface area contributed by atoms with Gasteiger partial charge in [0, 0.05) is 147 Å². The van der Waals surface area contributed by atoms with Crippen LogP contribution in [0.25, 0.3) is 36.1 Å². The molecule has 3 amide bonds. The van der Waals surface area contributed by atoms with E-state index in [-0.39, 0.29) is 55.0 Å². The lowest BCUT2D eigenvalue weighted by Crippen LogP contribution is -2.57. The van der Waals surface area contributed by atoms with Crippen molar-refractivity contribution >= 4 is 85.4 Å². The second kappa shape index (κ2) is 39.8. The number of likely N-dealkylation sites (N-methyl/N-ethyl adjacent to an activating group) is 3. The van der Waals surface area contributed by atoms with Crippen LogP contribution in [-0.2, 0) is 53.3 Å². The molecule has 18 rings (SSSR count). The normalized spacial score (nSPS) is 21.8. The van der Waals surface area contributed by atoms with Gasteiger partial charge in [-0.25, -0.2) is 19.7 Å². The number of hydrogen-bond acceptors (Lipinski definition) is 22. The van der Waals surface area contributed by atoms with E-state index in [0.717, 1.165) is 170 Å². The molecule has 8 aromatic rings. The van der Waals surface area contributed by atoms with Gasteiger partial charge in [-0.15, -0.1) is 0 Å². The van der Waals surface area contributed by atoms with Gasteiger partial charge in [-0.2, -0.15) is 29.9 Å². The molecule has 0 unspecified atom stereocenters. The number of benzene rings is 5. The van der Waals surface area contributed by atoms with Crippen molar-refractivity contribution in [1.29, 1.82) is 0 Å². The van der Waals surface area contributed by atoms with Crippen LogP contribution in [0.5, 0.6) is 18.0 Å². The van der Waals surface area contributed by atoms with Crippen LogP contribution in [0.2, 0.25) is 5.02 Å². The SMILES string of the molecule is [C-]#[N+]C[C@H]1CN(c2nc(OC[C@@H]3CCCN3C)nc3c2CCN(c2cccc(C)c2C)C3)CCN1C(=O)C1=CCC1.[C-]#[N+]C[C@H]1CN(c2nc(OC[C@@H]3CCCN3C)nc3c2CCN(c2cccc4cccc(Cl)c24)C3)CCN1C(=O)C#CC.[C-]#[N+]C[C@H]1CN(c2nc(OC[C@@H]3[C@@H](O)CCN3C)nc3c2CCN(c2cccc4ccccc24)C3)CCN1C(=O)C=C. The molecule has 28 nitrogen and oxygen atoms in total. The monoisotopic (exact) mass is 1720 g/mol. The molecule has 1 N–H and O–H groups in total. The van der Waals surface area contributed by atoms with Crippen molar-refractivity contribution in [2.45, 2.75) is 147 Å². The van der Waals surface area contributed by atoms with Gasteiger partial charge >= 0.3 is 18.0 Å². The molecule has 3 aromatic heterocycles. The average Bonchev–Trinajstić information content (AvgIpc) is 0.789. The number of aliphatic hydroxyl groups is 1. The summed E-state index contributed by atoms with van der Waals surface area (Å²) in [4.78, 5) is 105. The summed E-state index contributed by atoms with van der Waals surface area (Å²) in [5.74, 6) is 7.65. The summed E-state index contributed by atoms with van der Waals surface area (Å²) >= 11 is 6.70. The van der Waals surface area contributed by atoms with Crippen molar-refractivity contribution in [3.63, 3.8) is 0 Å². The number of carbonyl (C=O) groups is 3. The van der Waals surface area contributed by atoms with Crippen molar-refractivity contribution in [2.75, 3.05) is 188 Å². The summed E-state index contributed by atoms with van der Waals surface area (Å²) in [6, 6.07) is 34.6. The molecule has 5 aromatic carbocycles. The molecular weight excluding hydrogens is 1610 g/mol. The highest BCUT2D eigenvalue weighted by Crippen LogP contribution is 2.41. The van der Waals surface area contributed by atoms with Crippen molar-refractivity contribution in [1.82, 2.24) is 59.3 Å². The molecular formula is C97H114ClN21O7. The number of hydrogen-bond donors (Lipinski definition) is 1. The minimum absolute atomic E-state index is 0.100. The highest BCUT2D eigenvalue weighted by atomic mass is 35.5. The number of anilines is 6. The van der Waals surface area contributed by atoms with E-state index in [2.05, 4.69) is 190 Å². The molecule has 656 valence electrons. The van der Waals surface area contributed by atoms with Gasteiger partial charge in [0.15, 0.2) is 0 Å². The van der Waals surface area contributed by atoms with Crippen LogP contribution in [0.1, 0.15) is 96.8 Å². The number of aliphatic hydroxyl groups excluding tert-OH is 1. The fourth-order valence-electron chi connectivity index (χ4n) is 19.7. The Kier molecular flexibility index (Phi) is 27.6. The topological polar surface area (TPSA) is 228 Å². The van der Waals surface area contributed by atoms with Gasteiger partial charge in [0.1, 0.15) is 55.4 Å². The maximum Gasteiger partial charge on any atom is 0.318 e. The first-order valence-corrected chi connectivity index (χ1v) is 45.0. The minimum atomic E-state index is -0.446. The number of fused-ring (bicyclic) bond motifs is 5. The van der Waals surface area contributed by atoms with Crippen molar-refractivity contribution in [2.24, 2.45) is 0 Å². The first kappa shape index (κ1) is 87.6. The number of halogens is 1. The summed E-state index contributed by atoms with van der Waals surface area (Å²) in [6.45, 7) is 46.8. The molecule has 9 aliphatic heterocycles. The Labute approximate surface area is 744 Å². The van der Waals surface area contributed by atoms with Gasteiger partial charge in [0.2, 0.25) is 31.4 Å². The van der Waals surface area contributed by atoms with E-state index >= 15 is 0 Å². The zero-order valence-corrected chi connectivity index (χ0v) is 74.1. The number of rotatable bonds is 20. The Morgan fingerprint density at radius 1 is 0.516 bits per heavy atom. The largest absolute Gasteiger partial charge is 0.462 e. The van der Waals surface area contributed by atoms with Crippen LogP contribution < -0.4 is 43.6 Å². The van der Waals surface area contributed by atoms with Crippen LogP contribution in [0.15, 0.2) is 121 Å². The van der Waals surface area contributed by atoms with E-state index in [4.69, 9.17) is 75.4 Å². The van der Waals surface area contributed by atoms with Crippen molar-refractivity contribution in [3.8, 4) is 29.9 Å². The molecule has 0 radical (unpaired) electrons. The van der Waals surface area contributed by atoms with Gasteiger partial charge in [0.05, 0.1) is 53.9 Å². The maximum absolute atomic E-state index is 13.1. The highest BCUT2D eigenvalue weighted by Gasteiger charge is 2.42. The molecule has 7 atom stereocenters.